The van der Waals surface area contributed by atoms with Crippen LogP contribution in [0.25, 0.3) is 0 Å². The van der Waals surface area contributed by atoms with E-state index < -0.39 is 0 Å². The molecule has 108 valence electrons. The SMILES string of the molecule is NCC1CCCN1CC(=O)N1CCSc2ccccc21. The summed E-state index contributed by atoms with van der Waals surface area (Å²) >= 11 is 1.83. The van der Waals surface area contributed by atoms with E-state index in [2.05, 4.69) is 11.0 Å². The third-order valence-electron chi connectivity index (χ3n) is 4.14. The van der Waals surface area contributed by atoms with E-state index in [1.54, 1.807) is 0 Å². The number of anilines is 1. The number of benzene rings is 1. The molecule has 1 amide bonds. The average Bonchev–Trinajstić information content (AvgIpc) is 2.93. The van der Waals surface area contributed by atoms with E-state index in [1.807, 2.05) is 34.9 Å². The minimum Gasteiger partial charge on any atom is -0.329 e. The zero-order chi connectivity index (χ0) is 13.9. The summed E-state index contributed by atoms with van der Waals surface area (Å²) in [5, 5.41) is 0. The lowest BCUT2D eigenvalue weighted by atomic mass is 10.2. The summed E-state index contributed by atoms with van der Waals surface area (Å²) in [6.07, 6.45) is 2.28. The number of hydrogen-bond acceptors (Lipinski definition) is 4. The van der Waals surface area contributed by atoms with Crippen molar-refractivity contribution in [1.29, 1.82) is 0 Å². The number of hydrogen-bond donors (Lipinski definition) is 1. The van der Waals surface area contributed by atoms with E-state index in [4.69, 9.17) is 5.73 Å². The molecular formula is C15H21N3OS. The van der Waals surface area contributed by atoms with Crippen molar-refractivity contribution in [3.8, 4) is 0 Å². The highest BCUT2D eigenvalue weighted by Gasteiger charge is 2.29. The van der Waals surface area contributed by atoms with Crippen LogP contribution >= 0.6 is 11.8 Å². The minimum atomic E-state index is 0.207. The first-order valence-electron chi connectivity index (χ1n) is 7.26. The molecule has 20 heavy (non-hydrogen) atoms. The number of carbonyl (C=O) groups excluding carboxylic acids is 1. The predicted molar refractivity (Wildman–Crippen MR) is 83.2 cm³/mol. The van der Waals surface area contributed by atoms with Crippen LogP contribution in [0.1, 0.15) is 12.8 Å². The van der Waals surface area contributed by atoms with Gasteiger partial charge in [0, 0.05) is 29.8 Å². The fourth-order valence-electron chi connectivity index (χ4n) is 3.06. The number of rotatable bonds is 3. The molecule has 1 saturated heterocycles. The highest BCUT2D eigenvalue weighted by atomic mass is 32.2. The second kappa shape index (κ2) is 6.16. The largest absolute Gasteiger partial charge is 0.329 e. The molecule has 4 nitrogen and oxygen atoms in total. The molecule has 2 aliphatic heterocycles. The van der Waals surface area contributed by atoms with Crippen LogP contribution in [0.4, 0.5) is 5.69 Å². The summed E-state index contributed by atoms with van der Waals surface area (Å²) in [7, 11) is 0. The van der Waals surface area contributed by atoms with Crippen molar-refractivity contribution in [2.45, 2.75) is 23.8 Å². The first-order valence-corrected chi connectivity index (χ1v) is 8.24. The molecule has 1 fully saturated rings. The molecule has 1 unspecified atom stereocenters. The van der Waals surface area contributed by atoms with Crippen LogP contribution in [0, 0.1) is 0 Å². The van der Waals surface area contributed by atoms with Gasteiger partial charge in [-0.1, -0.05) is 12.1 Å². The number of carbonyl (C=O) groups is 1. The molecular weight excluding hydrogens is 270 g/mol. The molecule has 0 spiro atoms. The van der Waals surface area contributed by atoms with Crippen LogP contribution < -0.4 is 10.6 Å². The minimum absolute atomic E-state index is 0.207. The van der Waals surface area contributed by atoms with Crippen molar-refractivity contribution >= 4 is 23.4 Å². The van der Waals surface area contributed by atoms with Gasteiger partial charge in [0.2, 0.25) is 5.91 Å². The smallest absolute Gasteiger partial charge is 0.241 e. The fraction of sp³-hybridized carbons (Fsp3) is 0.533. The Kier molecular flexibility index (Phi) is 4.29. The van der Waals surface area contributed by atoms with Gasteiger partial charge in [0.1, 0.15) is 0 Å². The Morgan fingerprint density at radius 2 is 2.20 bits per heavy atom. The Morgan fingerprint density at radius 3 is 3.05 bits per heavy atom. The maximum Gasteiger partial charge on any atom is 0.241 e. The van der Waals surface area contributed by atoms with Crippen molar-refractivity contribution in [2.24, 2.45) is 5.73 Å². The average molecular weight is 291 g/mol. The fourth-order valence-corrected chi connectivity index (χ4v) is 4.05. The first kappa shape index (κ1) is 13.9. The van der Waals surface area contributed by atoms with Crippen LogP contribution in [0.5, 0.6) is 0 Å². The van der Waals surface area contributed by atoms with Crippen molar-refractivity contribution < 1.29 is 4.79 Å². The lowest BCUT2D eigenvalue weighted by Crippen LogP contribution is -2.45. The monoisotopic (exact) mass is 291 g/mol. The van der Waals surface area contributed by atoms with Gasteiger partial charge in [-0.2, -0.15) is 0 Å². The first-order chi connectivity index (χ1) is 9.79. The second-order valence-electron chi connectivity index (χ2n) is 5.36. The molecule has 3 rings (SSSR count). The second-order valence-corrected chi connectivity index (χ2v) is 6.50. The van der Waals surface area contributed by atoms with Crippen molar-refractivity contribution in [3.05, 3.63) is 24.3 Å². The van der Waals surface area contributed by atoms with Crippen molar-refractivity contribution in [1.82, 2.24) is 4.90 Å². The van der Waals surface area contributed by atoms with Gasteiger partial charge in [0.15, 0.2) is 0 Å². The van der Waals surface area contributed by atoms with Gasteiger partial charge < -0.3 is 10.6 Å². The van der Waals surface area contributed by atoms with E-state index in [9.17, 15) is 4.79 Å². The van der Waals surface area contributed by atoms with Gasteiger partial charge in [-0.3, -0.25) is 9.69 Å². The standard InChI is InChI=1S/C15H21N3OS/c16-10-12-4-3-7-17(12)11-15(19)18-8-9-20-14-6-2-1-5-13(14)18/h1-2,5-6,12H,3-4,7-11,16H2. The van der Waals surface area contributed by atoms with E-state index in [1.165, 1.54) is 4.90 Å². The van der Waals surface area contributed by atoms with E-state index in [-0.39, 0.29) is 5.91 Å². The summed E-state index contributed by atoms with van der Waals surface area (Å²) in [5.41, 5.74) is 6.85. The number of nitrogens with zero attached hydrogens (tertiary/aromatic N) is 2. The molecule has 0 aliphatic carbocycles. The molecule has 1 atom stereocenters. The normalized spacial score (nSPS) is 22.9. The Balaban J connectivity index is 1.72. The van der Waals surface area contributed by atoms with Crippen LogP contribution in [-0.4, -0.2) is 48.8 Å². The molecule has 0 saturated carbocycles. The zero-order valence-corrected chi connectivity index (χ0v) is 12.4. The van der Waals surface area contributed by atoms with Gasteiger partial charge in [-0.25, -0.2) is 0 Å². The highest BCUT2D eigenvalue weighted by molar-refractivity contribution is 7.99. The molecule has 1 aromatic carbocycles. The highest BCUT2D eigenvalue weighted by Crippen LogP contribution is 2.34. The van der Waals surface area contributed by atoms with Crippen LogP contribution in [0.15, 0.2) is 29.2 Å². The molecule has 0 bridgehead atoms. The molecule has 2 aliphatic rings. The van der Waals surface area contributed by atoms with Gasteiger partial charge in [0.25, 0.3) is 0 Å². The summed E-state index contributed by atoms with van der Waals surface area (Å²) in [6.45, 7) is 2.96. The summed E-state index contributed by atoms with van der Waals surface area (Å²) in [5.74, 6) is 1.18. The van der Waals surface area contributed by atoms with E-state index >= 15 is 0 Å². The summed E-state index contributed by atoms with van der Waals surface area (Å²) in [4.78, 5) is 18.0. The Labute approximate surface area is 124 Å². The number of fused-ring (bicyclic) bond motifs is 1. The molecule has 2 N–H and O–H groups in total. The van der Waals surface area contributed by atoms with Crippen molar-refractivity contribution in [3.63, 3.8) is 0 Å². The lowest BCUT2D eigenvalue weighted by molar-refractivity contribution is -0.119. The molecule has 0 radical (unpaired) electrons. The third kappa shape index (κ3) is 2.71. The lowest BCUT2D eigenvalue weighted by Gasteiger charge is -2.31. The van der Waals surface area contributed by atoms with Gasteiger partial charge in [0.05, 0.1) is 12.2 Å². The maximum atomic E-state index is 12.6. The molecule has 2 heterocycles. The van der Waals surface area contributed by atoms with Gasteiger partial charge >= 0.3 is 0 Å². The van der Waals surface area contributed by atoms with Crippen molar-refractivity contribution in [2.75, 3.05) is 36.8 Å². The maximum absolute atomic E-state index is 12.6. The Morgan fingerprint density at radius 1 is 1.35 bits per heavy atom. The summed E-state index contributed by atoms with van der Waals surface area (Å²) < 4.78 is 0. The number of amides is 1. The molecule has 5 heteroatoms. The summed E-state index contributed by atoms with van der Waals surface area (Å²) in [6, 6.07) is 8.56. The number of nitrogens with two attached hydrogens (primary N) is 1. The third-order valence-corrected chi connectivity index (χ3v) is 5.18. The van der Waals surface area contributed by atoms with Gasteiger partial charge in [-0.05, 0) is 31.5 Å². The van der Waals surface area contributed by atoms with Crippen LogP contribution in [-0.2, 0) is 4.79 Å². The Hall–Kier alpha value is -1.04. The Bertz CT molecular complexity index is 494. The van der Waals surface area contributed by atoms with Crippen LogP contribution in [0.2, 0.25) is 0 Å². The van der Waals surface area contributed by atoms with E-state index in [0.717, 1.165) is 37.4 Å². The molecule has 1 aromatic rings. The van der Waals surface area contributed by atoms with E-state index in [0.29, 0.717) is 19.1 Å². The topological polar surface area (TPSA) is 49.6 Å². The number of likely N-dealkylation sites (tertiary alicyclic amines) is 1. The quantitative estimate of drug-likeness (QED) is 0.918. The van der Waals surface area contributed by atoms with Crippen LogP contribution in [0.3, 0.4) is 0 Å². The predicted octanol–water partition coefficient (Wildman–Crippen LogP) is 1.55. The zero-order valence-electron chi connectivity index (χ0n) is 11.6. The molecule has 0 aromatic heterocycles. The number of thioether (sulfide) groups is 1. The van der Waals surface area contributed by atoms with Gasteiger partial charge in [-0.15, -0.1) is 11.8 Å². The number of para-hydroxylation sites is 1.